The van der Waals surface area contributed by atoms with Crippen LogP contribution in [0.25, 0.3) is 0 Å². The van der Waals surface area contributed by atoms with Crippen molar-refractivity contribution in [2.75, 3.05) is 11.5 Å². The largest absolute Gasteiger partial charge is 0.298 e. The molecule has 0 amide bonds. The van der Waals surface area contributed by atoms with Gasteiger partial charge in [-0.15, -0.1) is 11.8 Å². The average Bonchev–Trinajstić information content (AvgIpc) is 2.40. The number of hydrogen-bond acceptors (Lipinski definition) is 4. The van der Waals surface area contributed by atoms with Crippen LogP contribution in [0.3, 0.4) is 0 Å². The summed E-state index contributed by atoms with van der Waals surface area (Å²) in [5.41, 5.74) is 2.13. The first-order valence-corrected chi connectivity index (χ1v) is 8.50. The summed E-state index contributed by atoms with van der Waals surface area (Å²) in [6, 6.07) is 4.06. The number of carbonyl (C=O) groups is 1. The zero-order valence-electron chi connectivity index (χ0n) is 10.9. The van der Waals surface area contributed by atoms with Crippen molar-refractivity contribution in [3.8, 4) is 0 Å². The van der Waals surface area contributed by atoms with E-state index in [-0.39, 0.29) is 5.25 Å². The van der Waals surface area contributed by atoms with Crippen molar-refractivity contribution < 1.29 is 4.79 Å². The van der Waals surface area contributed by atoms with Gasteiger partial charge in [0.15, 0.2) is 5.78 Å². The lowest BCUT2D eigenvalue weighted by Gasteiger charge is -2.26. The van der Waals surface area contributed by atoms with Crippen LogP contribution < -0.4 is 0 Å². The SMILES string of the molecule is CCc1ccc(CC(=O)C2SCCSC2C)nc1. The molecule has 2 atom stereocenters. The molecule has 0 saturated carbocycles. The van der Waals surface area contributed by atoms with E-state index in [1.807, 2.05) is 35.8 Å². The smallest absolute Gasteiger partial charge is 0.152 e. The van der Waals surface area contributed by atoms with Crippen LogP contribution in [0.5, 0.6) is 0 Å². The number of Topliss-reactive ketones (excluding diaryl/α,β-unsaturated/α-hetero) is 1. The van der Waals surface area contributed by atoms with Crippen LogP contribution in [-0.2, 0) is 17.6 Å². The fourth-order valence-corrected chi connectivity index (χ4v) is 4.77. The maximum atomic E-state index is 12.3. The summed E-state index contributed by atoms with van der Waals surface area (Å²) in [6.45, 7) is 4.27. The van der Waals surface area contributed by atoms with Crippen LogP contribution in [0.4, 0.5) is 0 Å². The van der Waals surface area contributed by atoms with Gasteiger partial charge in [-0.2, -0.15) is 11.8 Å². The van der Waals surface area contributed by atoms with Crippen LogP contribution in [-0.4, -0.2) is 32.8 Å². The summed E-state index contributed by atoms with van der Waals surface area (Å²) >= 11 is 3.72. The number of hydrogen-bond donors (Lipinski definition) is 0. The predicted octanol–water partition coefficient (Wildman–Crippen LogP) is 2.99. The van der Waals surface area contributed by atoms with Crippen LogP contribution in [0, 0.1) is 0 Å². The number of pyridine rings is 1. The first kappa shape index (κ1) is 13.9. The molecule has 98 valence electrons. The van der Waals surface area contributed by atoms with Gasteiger partial charge >= 0.3 is 0 Å². The Morgan fingerprint density at radius 3 is 2.78 bits per heavy atom. The second-order valence-corrected chi connectivity index (χ2v) is 7.26. The molecule has 1 aliphatic rings. The summed E-state index contributed by atoms with van der Waals surface area (Å²) in [6.07, 6.45) is 3.36. The number of aryl methyl sites for hydroxylation is 1. The van der Waals surface area contributed by atoms with Crippen LogP contribution in [0.1, 0.15) is 25.1 Å². The highest BCUT2D eigenvalue weighted by atomic mass is 32.2. The van der Waals surface area contributed by atoms with Crippen molar-refractivity contribution in [3.63, 3.8) is 0 Å². The summed E-state index contributed by atoms with van der Waals surface area (Å²) < 4.78 is 0. The molecule has 2 unspecified atom stereocenters. The molecule has 0 spiro atoms. The maximum Gasteiger partial charge on any atom is 0.152 e. The molecule has 4 heteroatoms. The minimum atomic E-state index is 0.149. The van der Waals surface area contributed by atoms with Gasteiger partial charge < -0.3 is 0 Å². The molecule has 18 heavy (non-hydrogen) atoms. The Morgan fingerprint density at radius 1 is 1.39 bits per heavy atom. The Bertz CT molecular complexity index is 405. The lowest BCUT2D eigenvalue weighted by Crippen LogP contribution is -2.32. The topological polar surface area (TPSA) is 30.0 Å². The molecule has 0 bridgehead atoms. The fourth-order valence-electron chi connectivity index (χ4n) is 2.03. The third-order valence-electron chi connectivity index (χ3n) is 3.15. The highest BCUT2D eigenvalue weighted by Gasteiger charge is 2.28. The number of thioether (sulfide) groups is 2. The van der Waals surface area contributed by atoms with Crippen LogP contribution >= 0.6 is 23.5 Å². The quantitative estimate of drug-likeness (QED) is 0.848. The van der Waals surface area contributed by atoms with Crippen molar-refractivity contribution in [1.82, 2.24) is 4.98 Å². The van der Waals surface area contributed by atoms with Gasteiger partial charge in [-0.25, -0.2) is 0 Å². The van der Waals surface area contributed by atoms with E-state index >= 15 is 0 Å². The van der Waals surface area contributed by atoms with E-state index in [0.717, 1.165) is 17.9 Å². The molecule has 1 aromatic rings. The summed E-state index contributed by atoms with van der Waals surface area (Å²) in [5.74, 6) is 2.59. The molecule has 0 aromatic carbocycles. The fraction of sp³-hybridized carbons (Fsp3) is 0.571. The number of carbonyl (C=O) groups excluding carboxylic acids is 1. The predicted molar refractivity (Wildman–Crippen MR) is 80.5 cm³/mol. The first-order chi connectivity index (χ1) is 8.70. The van der Waals surface area contributed by atoms with Crippen molar-refractivity contribution in [2.24, 2.45) is 0 Å². The van der Waals surface area contributed by atoms with E-state index in [0.29, 0.717) is 17.5 Å². The van der Waals surface area contributed by atoms with Gasteiger partial charge in [-0.1, -0.05) is 19.9 Å². The van der Waals surface area contributed by atoms with Gasteiger partial charge in [0.25, 0.3) is 0 Å². The minimum absolute atomic E-state index is 0.149. The Balaban J connectivity index is 1.97. The molecule has 0 aliphatic carbocycles. The standard InChI is InChI=1S/C14H19NOS2/c1-3-11-4-5-12(15-9-11)8-13(16)14-10(2)17-6-7-18-14/h4-5,9-10,14H,3,6-8H2,1-2H3. The lowest BCUT2D eigenvalue weighted by molar-refractivity contribution is -0.117. The molecule has 1 saturated heterocycles. The van der Waals surface area contributed by atoms with Gasteiger partial charge in [-0.3, -0.25) is 9.78 Å². The molecule has 2 heterocycles. The van der Waals surface area contributed by atoms with E-state index in [9.17, 15) is 4.79 Å². The average molecular weight is 281 g/mol. The van der Waals surface area contributed by atoms with Gasteiger partial charge in [0.2, 0.25) is 0 Å². The molecule has 0 radical (unpaired) electrons. The Morgan fingerprint density at radius 2 is 2.17 bits per heavy atom. The first-order valence-electron chi connectivity index (χ1n) is 6.40. The van der Waals surface area contributed by atoms with E-state index in [2.05, 4.69) is 24.9 Å². The molecule has 2 rings (SSSR count). The highest BCUT2D eigenvalue weighted by Crippen LogP contribution is 2.32. The Kier molecular flexibility index (Phi) is 5.13. The minimum Gasteiger partial charge on any atom is -0.298 e. The zero-order chi connectivity index (χ0) is 13.0. The number of nitrogens with zero attached hydrogens (tertiary/aromatic N) is 1. The summed E-state index contributed by atoms with van der Waals surface area (Å²) in [7, 11) is 0. The highest BCUT2D eigenvalue weighted by molar-refractivity contribution is 8.07. The summed E-state index contributed by atoms with van der Waals surface area (Å²) in [4.78, 5) is 16.6. The monoisotopic (exact) mass is 281 g/mol. The third kappa shape index (κ3) is 3.51. The van der Waals surface area contributed by atoms with E-state index in [4.69, 9.17) is 0 Å². The normalized spacial score (nSPS) is 23.9. The van der Waals surface area contributed by atoms with Gasteiger partial charge in [0.1, 0.15) is 0 Å². The number of aromatic nitrogens is 1. The molecule has 1 aliphatic heterocycles. The molecular weight excluding hydrogens is 262 g/mol. The molecule has 0 N–H and O–H groups in total. The molecular formula is C14H19NOS2. The van der Waals surface area contributed by atoms with Gasteiger partial charge in [-0.05, 0) is 18.1 Å². The van der Waals surface area contributed by atoms with E-state index in [1.165, 1.54) is 11.3 Å². The second kappa shape index (κ2) is 6.62. The molecule has 2 nitrogen and oxygen atoms in total. The molecule has 1 aromatic heterocycles. The second-order valence-electron chi connectivity index (χ2n) is 4.52. The lowest BCUT2D eigenvalue weighted by atomic mass is 10.1. The molecule has 1 fully saturated rings. The third-order valence-corrected chi connectivity index (χ3v) is 6.29. The van der Waals surface area contributed by atoms with Gasteiger partial charge in [0.05, 0.1) is 5.25 Å². The van der Waals surface area contributed by atoms with E-state index in [1.54, 1.807) is 0 Å². The Labute approximate surface area is 117 Å². The number of rotatable bonds is 4. The van der Waals surface area contributed by atoms with Crippen molar-refractivity contribution in [2.45, 2.75) is 37.2 Å². The van der Waals surface area contributed by atoms with Crippen molar-refractivity contribution in [1.29, 1.82) is 0 Å². The van der Waals surface area contributed by atoms with Crippen molar-refractivity contribution >= 4 is 29.3 Å². The maximum absolute atomic E-state index is 12.3. The number of ketones is 1. The summed E-state index contributed by atoms with van der Waals surface area (Å²) in [5, 5.41) is 0.586. The van der Waals surface area contributed by atoms with Gasteiger partial charge in [0, 0.05) is 35.1 Å². The van der Waals surface area contributed by atoms with E-state index < -0.39 is 0 Å². The Hall–Kier alpha value is -0.480. The zero-order valence-corrected chi connectivity index (χ0v) is 12.5. The van der Waals surface area contributed by atoms with Crippen LogP contribution in [0.15, 0.2) is 18.3 Å². The van der Waals surface area contributed by atoms with Crippen LogP contribution in [0.2, 0.25) is 0 Å². The van der Waals surface area contributed by atoms with Crippen molar-refractivity contribution in [3.05, 3.63) is 29.6 Å².